The van der Waals surface area contributed by atoms with E-state index in [1.807, 2.05) is 24.3 Å². The summed E-state index contributed by atoms with van der Waals surface area (Å²) in [5, 5.41) is 0. The smallest absolute Gasteiger partial charge is 0.409 e. The Hall–Kier alpha value is -3.18. The molecule has 2 aromatic rings. The van der Waals surface area contributed by atoms with Crippen LogP contribution in [-0.2, 0) is 56.9 Å². The maximum Gasteiger partial charge on any atom is 0.409 e. The van der Waals surface area contributed by atoms with Crippen LogP contribution in [0.1, 0.15) is 23.5 Å². The average molecular weight is 736 g/mol. The molecule has 14 nitrogen and oxygen atoms in total. The molecule has 52 heavy (non-hydrogen) atoms. The summed E-state index contributed by atoms with van der Waals surface area (Å²) in [5.41, 5.74) is 4.79. The van der Waals surface area contributed by atoms with Crippen LogP contribution in [0.15, 0.2) is 48.5 Å². The number of nitrogens with zero attached hydrogens (tertiary/aromatic N) is 1. The maximum absolute atomic E-state index is 12.6. The van der Waals surface area contributed by atoms with Gasteiger partial charge in [0.05, 0.1) is 132 Å². The highest BCUT2D eigenvalue weighted by Crippen LogP contribution is 2.44. The molecule has 0 spiro atoms. The number of benzene rings is 2. The quantitative estimate of drug-likeness (QED) is 0.0800. The van der Waals surface area contributed by atoms with Crippen LogP contribution < -0.4 is 0 Å². The summed E-state index contributed by atoms with van der Waals surface area (Å²) in [6.07, 6.45) is -0.128. The highest BCUT2D eigenvalue weighted by Gasteiger charge is 2.29. The fourth-order valence-electron chi connectivity index (χ4n) is 5.12. The molecule has 292 valence electrons. The highest BCUT2D eigenvalue weighted by molar-refractivity contribution is 5.79. The summed E-state index contributed by atoms with van der Waals surface area (Å²) in [6, 6.07) is 16.6. The van der Waals surface area contributed by atoms with Gasteiger partial charge < -0.3 is 57.0 Å². The predicted molar refractivity (Wildman–Crippen MR) is 192 cm³/mol. The Labute approximate surface area is 307 Å². The van der Waals surface area contributed by atoms with Crippen LogP contribution in [0, 0.1) is 0 Å². The summed E-state index contributed by atoms with van der Waals surface area (Å²) < 4.78 is 59.4. The summed E-state index contributed by atoms with van der Waals surface area (Å²) in [6.45, 7) is 8.86. The van der Waals surface area contributed by atoms with Gasteiger partial charge in [-0.3, -0.25) is 4.79 Å². The Balaban J connectivity index is 0.992. The third-order valence-electron chi connectivity index (χ3n) is 7.87. The molecule has 2 aromatic carbocycles. The highest BCUT2D eigenvalue weighted by atomic mass is 16.6. The molecular formula is C38H57NO13. The van der Waals surface area contributed by atoms with Crippen molar-refractivity contribution < 1.29 is 61.7 Å². The molecule has 0 aliphatic heterocycles. The molecule has 0 heterocycles. The van der Waals surface area contributed by atoms with E-state index < -0.39 is 0 Å². The standard InChI is InChI=1S/C38H57NO13/c1-39(38(41)52-31-36-34-9-5-3-7-32(34)33-8-4-6-10-35(33)36)12-14-44-16-18-46-20-22-48-24-26-50-28-30-51-29-27-49-25-23-47-21-19-45-17-15-43-13-11-37(40)42-2/h3-10,36H,11-31H2,1-2H3. The van der Waals surface area contributed by atoms with Crippen LogP contribution in [-0.4, -0.2) is 163 Å². The first-order valence-electron chi connectivity index (χ1n) is 17.9. The fourth-order valence-corrected chi connectivity index (χ4v) is 5.12. The Morgan fingerprint density at radius 2 is 0.865 bits per heavy atom. The van der Waals surface area contributed by atoms with Crippen molar-refractivity contribution in [2.75, 3.05) is 146 Å². The first-order chi connectivity index (χ1) is 25.6. The second kappa shape index (κ2) is 28.3. The Morgan fingerprint density at radius 3 is 1.25 bits per heavy atom. The SMILES string of the molecule is COC(=O)CCOCCOCCOCCOCCOCCOCCOCCOCCOCCN(C)C(=O)OCC1c2ccccc2-c2ccccc21. The van der Waals surface area contributed by atoms with E-state index in [1.54, 1.807) is 7.05 Å². The Morgan fingerprint density at radius 1 is 0.519 bits per heavy atom. The zero-order chi connectivity index (χ0) is 36.9. The molecule has 0 atom stereocenters. The number of methoxy groups -OCH3 is 1. The van der Waals surface area contributed by atoms with Gasteiger partial charge in [0.1, 0.15) is 6.61 Å². The summed E-state index contributed by atoms with van der Waals surface area (Å²) >= 11 is 0. The molecule has 1 aliphatic carbocycles. The van der Waals surface area contributed by atoms with Crippen LogP contribution >= 0.6 is 0 Å². The van der Waals surface area contributed by atoms with Gasteiger partial charge in [0, 0.05) is 19.5 Å². The van der Waals surface area contributed by atoms with Crippen molar-refractivity contribution in [3.05, 3.63) is 59.7 Å². The fraction of sp³-hybridized carbons (Fsp3) is 0.632. The molecule has 1 aliphatic rings. The molecular weight excluding hydrogens is 678 g/mol. The number of carbonyl (C=O) groups is 2. The van der Waals surface area contributed by atoms with Crippen molar-refractivity contribution >= 4 is 12.1 Å². The van der Waals surface area contributed by atoms with Crippen LogP contribution in [0.2, 0.25) is 0 Å². The number of carbonyl (C=O) groups excluding carboxylic acids is 2. The van der Waals surface area contributed by atoms with Crippen molar-refractivity contribution in [3.8, 4) is 11.1 Å². The largest absolute Gasteiger partial charge is 0.469 e. The van der Waals surface area contributed by atoms with Gasteiger partial charge in [-0.25, -0.2) is 4.79 Å². The normalized spacial score (nSPS) is 12.1. The minimum absolute atomic E-state index is 0.0362. The van der Waals surface area contributed by atoms with Crippen LogP contribution in [0.4, 0.5) is 4.79 Å². The monoisotopic (exact) mass is 735 g/mol. The number of likely N-dealkylation sites (N-methyl/N-ethyl adjacent to an activating group) is 1. The van der Waals surface area contributed by atoms with Gasteiger partial charge in [0.25, 0.3) is 0 Å². The lowest BCUT2D eigenvalue weighted by Crippen LogP contribution is -2.32. The summed E-state index contributed by atoms with van der Waals surface area (Å²) in [7, 11) is 3.06. The minimum atomic E-state index is -0.368. The zero-order valence-electron chi connectivity index (χ0n) is 30.8. The first kappa shape index (κ1) is 43.2. The van der Waals surface area contributed by atoms with Crippen LogP contribution in [0.3, 0.4) is 0 Å². The number of rotatable bonds is 32. The van der Waals surface area contributed by atoms with E-state index in [0.29, 0.717) is 132 Å². The lowest BCUT2D eigenvalue weighted by molar-refractivity contribution is -0.141. The van der Waals surface area contributed by atoms with Crippen LogP contribution in [0.5, 0.6) is 0 Å². The Kier molecular flexibility index (Phi) is 23.6. The third-order valence-corrected chi connectivity index (χ3v) is 7.87. The molecule has 0 saturated heterocycles. The number of hydrogen-bond donors (Lipinski definition) is 0. The van der Waals surface area contributed by atoms with Gasteiger partial charge in [-0.2, -0.15) is 0 Å². The van der Waals surface area contributed by atoms with Gasteiger partial charge >= 0.3 is 12.1 Å². The van der Waals surface area contributed by atoms with E-state index in [4.69, 9.17) is 47.4 Å². The van der Waals surface area contributed by atoms with Crippen molar-refractivity contribution in [1.82, 2.24) is 4.90 Å². The molecule has 0 radical (unpaired) electrons. The number of esters is 1. The lowest BCUT2D eigenvalue weighted by atomic mass is 9.98. The average Bonchev–Trinajstić information content (AvgIpc) is 3.49. The number of hydrogen-bond acceptors (Lipinski definition) is 13. The van der Waals surface area contributed by atoms with Gasteiger partial charge in [0.2, 0.25) is 0 Å². The number of fused-ring (bicyclic) bond motifs is 3. The van der Waals surface area contributed by atoms with E-state index >= 15 is 0 Å². The van der Waals surface area contributed by atoms with E-state index in [2.05, 4.69) is 29.0 Å². The predicted octanol–water partition coefficient (Wildman–Crippen LogP) is 3.58. The molecule has 3 rings (SSSR count). The molecule has 0 saturated carbocycles. The Bertz CT molecular complexity index is 1190. The van der Waals surface area contributed by atoms with E-state index in [1.165, 1.54) is 34.3 Å². The first-order valence-corrected chi connectivity index (χ1v) is 17.9. The van der Waals surface area contributed by atoms with Crippen molar-refractivity contribution in [2.24, 2.45) is 0 Å². The number of ether oxygens (including phenoxy) is 11. The second-order valence-corrected chi connectivity index (χ2v) is 11.6. The molecule has 1 amide bonds. The molecule has 14 heteroatoms. The van der Waals surface area contributed by atoms with Gasteiger partial charge in [-0.05, 0) is 22.3 Å². The third kappa shape index (κ3) is 18.0. The lowest BCUT2D eigenvalue weighted by Gasteiger charge is -2.19. The summed E-state index contributed by atoms with van der Waals surface area (Å²) in [5.74, 6) is -0.253. The number of amides is 1. The van der Waals surface area contributed by atoms with Crippen molar-refractivity contribution in [1.29, 1.82) is 0 Å². The molecule has 0 fully saturated rings. The van der Waals surface area contributed by atoms with E-state index in [-0.39, 0.29) is 24.4 Å². The second-order valence-electron chi connectivity index (χ2n) is 11.6. The molecule has 0 unspecified atom stereocenters. The maximum atomic E-state index is 12.6. The topological polar surface area (TPSA) is 139 Å². The van der Waals surface area contributed by atoms with Crippen molar-refractivity contribution in [3.63, 3.8) is 0 Å². The molecule has 0 bridgehead atoms. The van der Waals surface area contributed by atoms with E-state index in [0.717, 1.165) is 0 Å². The molecule has 0 aromatic heterocycles. The van der Waals surface area contributed by atoms with Gasteiger partial charge in [0.15, 0.2) is 0 Å². The zero-order valence-corrected chi connectivity index (χ0v) is 30.8. The minimum Gasteiger partial charge on any atom is -0.469 e. The van der Waals surface area contributed by atoms with E-state index in [9.17, 15) is 9.59 Å². The molecule has 0 N–H and O–H groups in total. The van der Waals surface area contributed by atoms with Gasteiger partial charge in [-0.1, -0.05) is 48.5 Å². The van der Waals surface area contributed by atoms with Gasteiger partial charge in [-0.15, -0.1) is 0 Å². The van der Waals surface area contributed by atoms with Crippen LogP contribution in [0.25, 0.3) is 11.1 Å². The van der Waals surface area contributed by atoms with Crippen molar-refractivity contribution in [2.45, 2.75) is 12.3 Å². The summed E-state index contributed by atoms with van der Waals surface area (Å²) in [4.78, 5) is 25.1.